The number of carboxylic acids is 1. The van der Waals surface area contributed by atoms with Crippen LogP contribution < -0.4 is 0 Å². The summed E-state index contributed by atoms with van der Waals surface area (Å²) in [6.07, 6.45) is -13.9. The molecule has 2 aliphatic heterocycles. The molecule has 2 fully saturated rings. The Labute approximate surface area is 167 Å². The predicted molar refractivity (Wildman–Crippen MR) is 87.8 cm³/mol. The minimum absolute atomic E-state index is 0.434. The van der Waals surface area contributed by atoms with Gasteiger partial charge >= 0.3 is 5.97 Å². The number of carboxylic acid groups (broad SMARTS) is 1. The van der Waals surface area contributed by atoms with Gasteiger partial charge in [-0.15, -0.1) is 4.33 Å². The molecule has 11 atom stereocenters. The number of aliphatic hydroxyl groups excluding tert-OH is 4. The zero-order chi connectivity index (χ0) is 21.9. The molecule has 170 valence electrons. The van der Waals surface area contributed by atoms with Gasteiger partial charge in [-0.2, -0.15) is 0 Å². The second-order valence-electron chi connectivity index (χ2n) is 6.57. The standard InChI is InChI=1S/C14H24O14S/c1-4-6(15)9(23-2)5(3-29(22)28-27-21)24-14(4)26-10-7(16)8(17)13(20)25-11(10)12(18)19/h4-11,13-17,20-21H,3H2,1-2H3,(H,18,19). The van der Waals surface area contributed by atoms with E-state index in [0.29, 0.717) is 0 Å². The van der Waals surface area contributed by atoms with Gasteiger partial charge in [-0.25, -0.2) is 14.3 Å². The second-order valence-corrected chi connectivity index (χ2v) is 7.65. The fourth-order valence-corrected chi connectivity index (χ4v) is 3.85. The summed E-state index contributed by atoms with van der Waals surface area (Å²) in [6, 6.07) is 0. The van der Waals surface area contributed by atoms with Crippen molar-refractivity contribution in [3.05, 3.63) is 0 Å². The van der Waals surface area contributed by atoms with Gasteiger partial charge in [-0.05, 0) is 0 Å². The van der Waals surface area contributed by atoms with Gasteiger partial charge < -0.3 is 44.5 Å². The first kappa shape index (κ1) is 24.4. The van der Waals surface area contributed by atoms with Crippen molar-refractivity contribution in [3.8, 4) is 0 Å². The van der Waals surface area contributed by atoms with Crippen LogP contribution in [0.2, 0.25) is 0 Å². The topological polar surface area (TPSA) is 211 Å². The molecule has 0 spiro atoms. The highest BCUT2D eigenvalue weighted by atomic mass is 32.2. The Morgan fingerprint density at radius 2 is 1.72 bits per heavy atom. The maximum atomic E-state index is 11.7. The summed E-state index contributed by atoms with van der Waals surface area (Å²) < 4.78 is 36.8. The van der Waals surface area contributed by atoms with E-state index >= 15 is 0 Å². The number of aliphatic carboxylic acids is 1. The van der Waals surface area contributed by atoms with E-state index in [9.17, 15) is 34.5 Å². The van der Waals surface area contributed by atoms with E-state index in [1.54, 1.807) is 0 Å². The summed E-state index contributed by atoms with van der Waals surface area (Å²) in [4.78, 5) is 11.4. The van der Waals surface area contributed by atoms with Gasteiger partial charge in [0.25, 0.3) is 0 Å². The first-order valence-electron chi connectivity index (χ1n) is 8.43. The number of carbonyl (C=O) groups is 1. The molecule has 0 radical (unpaired) electrons. The van der Waals surface area contributed by atoms with E-state index in [2.05, 4.69) is 9.37 Å². The van der Waals surface area contributed by atoms with Crippen LogP contribution in [-0.4, -0.2) is 109 Å². The fourth-order valence-electron chi connectivity index (χ4n) is 3.19. The van der Waals surface area contributed by atoms with E-state index in [4.69, 9.17) is 24.2 Å². The molecule has 0 aliphatic carbocycles. The normalized spacial score (nSPS) is 44.4. The molecule has 0 aromatic carbocycles. The van der Waals surface area contributed by atoms with Crippen LogP contribution in [0.5, 0.6) is 0 Å². The number of hydrogen-bond donors (Lipinski definition) is 6. The molecule has 14 nitrogen and oxygen atoms in total. The van der Waals surface area contributed by atoms with Gasteiger partial charge in [-0.3, -0.25) is 0 Å². The Morgan fingerprint density at radius 3 is 2.28 bits per heavy atom. The molecule has 0 aromatic heterocycles. The van der Waals surface area contributed by atoms with Gasteiger partial charge in [0, 0.05) is 13.0 Å². The highest BCUT2D eigenvalue weighted by molar-refractivity contribution is 7.80. The minimum atomic E-state index is -2.20. The smallest absolute Gasteiger partial charge is 0.335 e. The molecule has 29 heavy (non-hydrogen) atoms. The average molecular weight is 448 g/mol. The molecule has 11 unspecified atom stereocenters. The van der Waals surface area contributed by atoms with Crippen molar-refractivity contribution in [3.63, 3.8) is 0 Å². The number of hydrogen-bond acceptors (Lipinski definition) is 13. The Morgan fingerprint density at radius 1 is 1.07 bits per heavy atom. The molecule has 0 amide bonds. The summed E-state index contributed by atoms with van der Waals surface area (Å²) in [5.41, 5.74) is 0. The first-order valence-corrected chi connectivity index (χ1v) is 9.67. The van der Waals surface area contributed by atoms with Crippen molar-refractivity contribution in [1.82, 2.24) is 0 Å². The zero-order valence-corrected chi connectivity index (χ0v) is 16.2. The number of rotatable bonds is 8. The van der Waals surface area contributed by atoms with Crippen LogP contribution in [-0.2, 0) is 44.2 Å². The van der Waals surface area contributed by atoms with Crippen molar-refractivity contribution in [2.24, 2.45) is 5.92 Å². The van der Waals surface area contributed by atoms with E-state index in [-0.39, 0.29) is 0 Å². The lowest BCUT2D eigenvalue weighted by Gasteiger charge is -2.46. The lowest BCUT2D eigenvalue weighted by molar-refractivity contribution is -0.435. The van der Waals surface area contributed by atoms with E-state index in [0.717, 1.165) is 0 Å². The summed E-state index contributed by atoms with van der Waals surface area (Å²) in [7, 11) is 1.27. The number of aliphatic hydroxyl groups is 4. The third-order valence-corrected chi connectivity index (χ3v) is 5.57. The Hall–Kier alpha value is -0.820. The lowest BCUT2D eigenvalue weighted by atomic mass is 9.92. The maximum absolute atomic E-state index is 11.7. The van der Waals surface area contributed by atoms with Crippen LogP contribution in [0.25, 0.3) is 0 Å². The van der Waals surface area contributed by atoms with Crippen LogP contribution in [0.15, 0.2) is 0 Å². The van der Waals surface area contributed by atoms with Crippen molar-refractivity contribution in [2.45, 2.75) is 62.2 Å². The fraction of sp³-hybridized carbons (Fsp3) is 0.929. The first-order chi connectivity index (χ1) is 13.6. The van der Waals surface area contributed by atoms with Gasteiger partial charge in [0.2, 0.25) is 0 Å². The van der Waals surface area contributed by atoms with Crippen molar-refractivity contribution < 1.29 is 68.1 Å². The maximum Gasteiger partial charge on any atom is 0.335 e. The summed E-state index contributed by atoms with van der Waals surface area (Å²) in [5.74, 6) is -2.84. The molecule has 2 saturated heterocycles. The number of ether oxygens (including phenoxy) is 4. The van der Waals surface area contributed by atoms with Crippen molar-refractivity contribution in [2.75, 3.05) is 12.9 Å². The molecule has 2 rings (SSSR count). The van der Waals surface area contributed by atoms with Crippen LogP contribution in [0.4, 0.5) is 0 Å². The third kappa shape index (κ3) is 5.46. The lowest BCUT2D eigenvalue weighted by Crippen LogP contribution is -2.63. The van der Waals surface area contributed by atoms with Gasteiger partial charge in [-0.1, -0.05) is 12.0 Å². The quantitative estimate of drug-likeness (QED) is 0.159. The highest BCUT2D eigenvalue weighted by Gasteiger charge is 2.52. The summed E-state index contributed by atoms with van der Waals surface area (Å²) >= 11 is -2.20. The molecule has 0 saturated carbocycles. The summed E-state index contributed by atoms with van der Waals surface area (Å²) in [5, 5.41) is 60.7. The average Bonchev–Trinajstić information content (AvgIpc) is 2.66. The van der Waals surface area contributed by atoms with Crippen molar-refractivity contribution >= 4 is 17.0 Å². The molecule has 0 bridgehead atoms. The molecule has 2 aliphatic rings. The van der Waals surface area contributed by atoms with E-state index in [1.165, 1.54) is 14.0 Å². The van der Waals surface area contributed by atoms with Crippen LogP contribution in [0, 0.1) is 5.92 Å². The van der Waals surface area contributed by atoms with E-state index < -0.39 is 84.0 Å². The number of methoxy groups -OCH3 is 1. The zero-order valence-electron chi connectivity index (χ0n) is 15.3. The molecular weight excluding hydrogens is 424 g/mol. The summed E-state index contributed by atoms with van der Waals surface area (Å²) in [6.45, 7) is 1.49. The van der Waals surface area contributed by atoms with Gasteiger partial charge in [0.1, 0.15) is 30.5 Å². The SMILES string of the molecule is COC1C(CS(=O)OOO)OC(OC2C(C(=O)O)OC(O)C(O)C2O)C(C)C1O. The predicted octanol–water partition coefficient (Wildman–Crippen LogP) is -3.28. The Bertz CT molecular complexity index is 577. The largest absolute Gasteiger partial charge is 0.479 e. The molecule has 2 heterocycles. The Kier molecular flexibility index (Phi) is 8.83. The van der Waals surface area contributed by atoms with Crippen molar-refractivity contribution in [1.29, 1.82) is 0 Å². The molecule has 15 heteroatoms. The minimum Gasteiger partial charge on any atom is -0.479 e. The molecule has 0 aromatic rings. The monoisotopic (exact) mass is 448 g/mol. The van der Waals surface area contributed by atoms with E-state index in [1.807, 2.05) is 0 Å². The molecular formula is C14H24O14S. The van der Waals surface area contributed by atoms with Crippen LogP contribution in [0.3, 0.4) is 0 Å². The highest BCUT2D eigenvalue weighted by Crippen LogP contribution is 2.32. The van der Waals surface area contributed by atoms with Gasteiger partial charge in [0.15, 0.2) is 29.8 Å². The Balaban J connectivity index is 2.20. The van der Waals surface area contributed by atoms with Crippen LogP contribution >= 0.6 is 0 Å². The van der Waals surface area contributed by atoms with Crippen LogP contribution in [0.1, 0.15) is 6.92 Å². The van der Waals surface area contributed by atoms with Gasteiger partial charge in [0.05, 0.1) is 11.9 Å². The molecule has 6 N–H and O–H groups in total. The third-order valence-electron chi connectivity index (χ3n) is 4.76. The second kappa shape index (κ2) is 10.5.